The summed E-state index contributed by atoms with van der Waals surface area (Å²) in [6.45, 7) is 4.76. The highest BCUT2D eigenvalue weighted by molar-refractivity contribution is 7.90. The predicted molar refractivity (Wildman–Crippen MR) is 178 cm³/mol. The van der Waals surface area contributed by atoms with Crippen LogP contribution in [0.3, 0.4) is 0 Å². The highest BCUT2D eigenvalue weighted by Crippen LogP contribution is 2.66. The van der Waals surface area contributed by atoms with E-state index in [1.807, 2.05) is 41.2 Å². The molecule has 3 fully saturated rings. The van der Waals surface area contributed by atoms with Gasteiger partial charge in [-0.05, 0) is 80.5 Å². The number of carbonyl (C=O) groups is 2. The summed E-state index contributed by atoms with van der Waals surface area (Å²) in [7, 11) is -0.154. The minimum Gasteiger partial charge on any atom is -0.497 e. The molecule has 2 aromatic carbocycles. The summed E-state index contributed by atoms with van der Waals surface area (Å²) < 4.78 is 41.4. The Labute approximate surface area is 275 Å². The van der Waals surface area contributed by atoms with E-state index in [9.17, 15) is 18.0 Å². The molecule has 2 bridgehead atoms. The van der Waals surface area contributed by atoms with E-state index < -0.39 is 26.6 Å². The number of nitrogens with one attached hydrogen (secondary N) is 1. The zero-order valence-corrected chi connectivity index (χ0v) is 28.2. The standard InChI is InChI=1S/C36H42N4O6S/c1-21(2)47(43,44)37-34(41)23-10-12-27-30(14-23)40-20-36(35(42)39-18-31-38(3)17-24(39)19-46-31)16-29(36)28-15-25(45-4)11-13-26(28)33(40)32(27)22-8-6-5-7-9-22/h10-15,18,21-22,24,29H,5-9,16-17,19-20H2,1-4H3,(H,37,41)/t24-,29?,36?/m1/s1. The van der Waals surface area contributed by atoms with Gasteiger partial charge in [-0.2, -0.15) is 0 Å². The maximum absolute atomic E-state index is 14.8. The summed E-state index contributed by atoms with van der Waals surface area (Å²) in [5, 5.41) is 0.321. The number of carbonyl (C=O) groups excluding carboxylic acids is 2. The third-order valence-electron chi connectivity index (χ3n) is 11.2. The molecular weight excluding hydrogens is 616 g/mol. The van der Waals surface area contributed by atoms with Gasteiger partial charge in [-0.15, -0.1) is 0 Å². The summed E-state index contributed by atoms with van der Waals surface area (Å²) in [6.07, 6.45) is 8.27. The molecule has 10 nitrogen and oxygen atoms in total. The number of rotatable bonds is 6. The number of hydrogen-bond acceptors (Lipinski definition) is 7. The summed E-state index contributed by atoms with van der Waals surface area (Å²) in [5.41, 5.74) is 5.06. The maximum atomic E-state index is 14.8. The van der Waals surface area contributed by atoms with Crippen LogP contribution in [-0.2, 0) is 26.1 Å². The molecule has 11 heteroatoms. The zero-order valence-electron chi connectivity index (χ0n) is 27.4. The first kappa shape index (κ1) is 30.4. The van der Waals surface area contributed by atoms with E-state index in [1.165, 1.54) is 12.0 Å². The van der Waals surface area contributed by atoms with Gasteiger partial charge in [0.1, 0.15) is 12.4 Å². The van der Waals surface area contributed by atoms with Crippen molar-refractivity contribution in [1.29, 1.82) is 0 Å². The van der Waals surface area contributed by atoms with Gasteiger partial charge in [0.05, 0.1) is 35.7 Å². The second kappa shape index (κ2) is 10.8. The quantitative estimate of drug-likeness (QED) is 0.383. The van der Waals surface area contributed by atoms with E-state index in [1.54, 1.807) is 27.0 Å². The minimum absolute atomic E-state index is 0.00872. The topological polar surface area (TPSA) is 110 Å². The van der Waals surface area contributed by atoms with E-state index in [0.29, 0.717) is 31.4 Å². The Morgan fingerprint density at radius 1 is 1.09 bits per heavy atom. The molecule has 0 radical (unpaired) electrons. The lowest BCUT2D eigenvalue weighted by Gasteiger charge is -2.44. The molecule has 47 heavy (non-hydrogen) atoms. The van der Waals surface area contributed by atoms with Gasteiger partial charge in [-0.1, -0.05) is 25.3 Å². The van der Waals surface area contributed by atoms with Gasteiger partial charge in [0, 0.05) is 48.1 Å². The number of hydrogen-bond donors (Lipinski definition) is 1. The van der Waals surface area contributed by atoms with Gasteiger partial charge in [-0.25, -0.2) is 13.1 Å². The van der Waals surface area contributed by atoms with Crippen LogP contribution in [0.15, 0.2) is 48.5 Å². The molecule has 5 heterocycles. The van der Waals surface area contributed by atoms with Crippen molar-refractivity contribution in [2.75, 3.05) is 27.3 Å². The lowest BCUT2D eigenvalue weighted by molar-refractivity contribution is -0.143. The second-order valence-electron chi connectivity index (χ2n) is 14.3. The molecule has 2 aliphatic carbocycles. The third kappa shape index (κ3) is 4.67. The summed E-state index contributed by atoms with van der Waals surface area (Å²) >= 11 is 0. The monoisotopic (exact) mass is 658 g/mol. The number of nitrogens with zero attached hydrogens (tertiary/aromatic N) is 3. The molecule has 9 rings (SSSR count). The first-order valence-corrected chi connectivity index (χ1v) is 18.4. The van der Waals surface area contributed by atoms with Crippen molar-refractivity contribution in [3.63, 3.8) is 0 Å². The van der Waals surface area contributed by atoms with Crippen LogP contribution in [0.4, 0.5) is 0 Å². The van der Waals surface area contributed by atoms with Crippen LogP contribution in [0.1, 0.15) is 85.7 Å². The van der Waals surface area contributed by atoms with Crippen LogP contribution in [-0.4, -0.2) is 73.2 Å². The van der Waals surface area contributed by atoms with Gasteiger partial charge < -0.3 is 23.8 Å². The largest absolute Gasteiger partial charge is 0.497 e. The van der Waals surface area contributed by atoms with Crippen molar-refractivity contribution in [3.05, 3.63) is 65.2 Å². The first-order chi connectivity index (χ1) is 22.5. The molecule has 2 saturated carbocycles. The van der Waals surface area contributed by atoms with Crippen LogP contribution in [0.2, 0.25) is 0 Å². The molecule has 2 amide bonds. The summed E-state index contributed by atoms with van der Waals surface area (Å²) in [5.74, 6) is 1.28. The Hall–Kier alpha value is -3.99. The van der Waals surface area contributed by atoms with Gasteiger partial charge in [-0.3, -0.25) is 9.59 Å². The molecule has 4 aliphatic heterocycles. The van der Waals surface area contributed by atoms with E-state index in [2.05, 4.69) is 21.4 Å². The number of benzene rings is 2. The van der Waals surface area contributed by atoms with Crippen LogP contribution in [0, 0.1) is 5.41 Å². The lowest BCUT2D eigenvalue weighted by atomic mass is 9.81. The van der Waals surface area contributed by atoms with E-state index in [4.69, 9.17) is 9.47 Å². The molecule has 6 aliphatic rings. The predicted octanol–water partition coefficient (Wildman–Crippen LogP) is 5.29. The molecule has 2 unspecified atom stereocenters. The Morgan fingerprint density at radius 3 is 2.55 bits per heavy atom. The lowest BCUT2D eigenvalue weighted by Crippen LogP contribution is -2.56. The molecule has 248 valence electrons. The highest BCUT2D eigenvalue weighted by atomic mass is 32.2. The van der Waals surface area contributed by atoms with Crippen molar-refractivity contribution in [3.8, 4) is 17.0 Å². The molecular formula is C36H42N4O6S. The Kier molecular flexibility index (Phi) is 6.95. The molecule has 1 N–H and O–H groups in total. The van der Waals surface area contributed by atoms with Crippen LogP contribution in [0.5, 0.6) is 5.75 Å². The Morgan fingerprint density at radius 2 is 1.87 bits per heavy atom. The minimum atomic E-state index is -3.81. The number of likely N-dealkylation sites (N-methyl/N-ethyl adjacent to an activating group) is 1. The second-order valence-corrected chi connectivity index (χ2v) is 16.6. The van der Waals surface area contributed by atoms with Crippen LogP contribution >= 0.6 is 0 Å². The summed E-state index contributed by atoms with van der Waals surface area (Å²) in [4.78, 5) is 32.1. The number of amides is 2. The van der Waals surface area contributed by atoms with Gasteiger partial charge in [0.2, 0.25) is 21.8 Å². The summed E-state index contributed by atoms with van der Waals surface area (Å²) in [6, 6.07) is 11.7. The van der Waals surface area contributed by atoms with E-state index >= 15 is 0 Å². The molecule has 3 aromatic rings. The van der Waals surface area contributed by atoms with Crippen LogP contribution < -0.4 is 9.46 Å². The van der Waals surface area contributed by atoms with Crippen molar-refractivity contribution in [1.82, 2.24) is 19.1 Å². The fourth-order valence-corrected chi connectivity index (χ4v) is 9.10. The zero-order chi connectivity index (χ0) is 32.8. The van der Waals surface area contributed by atoms with Crippen molar-refractivity contribution < 1.29 is 27.5 Å². The molecule has 3 atom stereocenters. The molecule has 0 spiro atoms. The van der Waals surface area contributed by atoms with Crippen molar-refractivity contribution in [2.45, 2.75) is 82.0 Å². The number of aromatic nitrogens is 1. The van der Waals surface area contributed by atoms with Gasteiger partial charge >= 0.3 is 0 Å². The maximum Gasteiger partial charge on any atom is 0.264 e. The van der Waals surface area contributed by atoms with E-state index in [0.717, 1.165) is 65.7 Å². The fraction of sp³-hybridized carbons (Fsp3) is 0.500. The highest BCUT2D eigenvalue weighted by Gasteiger charge is 2.64. The fourth-order valence-electron chi connectivity index (χ4n) is 8.49. The first-order valence-electron chi connectivity index (χ1n) is 16.8. The SMILES string of the molecule is COc1ccc2c(c1)C1CC1(C(=O)N1C=C3OC[C@H]1CN3C)Cn1c-2c(C2CCCCC2)c2ccc(C(=O)NS(=O)(=O)C(C)C)cc21. The average molecular weight is 659 g/mol. The Bertz CT molecular complexity index is 1960. The van der Waals surface area contributed by atoms with Gasteiger partial charge in [0.25, 0.3) is 5.91 Å². The van der Waals surface area contributed by atoms with Crippen molar-refractivity contribution in [2.24, 2.45) is 5.41 Å². The number of methoxy groups -OCH3 is 1. The van der Waals surface area contributed by atoms with Gasteiger partial charge in [0.15, 0.2) is 0 Å². The average Bonchev–Trinajstić information content (AvgIpc) is 3.74. The third-order valence-corrected chi connectivity index (χ3v) is 12.9. The molecule has 1 aromatic heterocycles. The number of sulfonamides is 1. The smallest absolute Gasteiger partial charge is 0.264 e. The van der Waals surface area contributed by atoms with Crippen molar-refractivity contribution >= 4 is 32.7 Å². The number of fused-ring (bicyclic) bond motifs is 10. The van der Waals surface area contributed by atoms with E-state index in [-0.39, 0.29) is 23.4 Å². The normalized spacial score (nSPS) is 25.0. The number of ether oxygens (including phenoxy) is 2. The Balaban J connectivity index is 1.33. The molecule has 1 saturated heterocycles. The van der Waals surface area contributed by atoms with Crippen LogP contribution in [0.25, 0.3) is 22.2 Å².